The molecule has 0 bridgehead atoms. The second-order valence-electron chi connectivity index (χ2n) is 8.15. The van der Waals surface area contributed by atoms with Crippen LogP contribution in [-0.2, 0) is 11.3 Å². The molecule has 4 rings (SSSR count). The average Bonchev–Trinajstić information content (AvgIpc) is 2.88. The topological polar surface area (TPSA) is 58.4 Å². The molecule has 0 radical (unpaired) electrons. The van der Waals surface area contributed by atoms with Crippen molar-refractivity contribution in [3.63, 3.8) is 0 Å². The summed E-state index contributed by atoms with van der Waals surface area (Å²) < 4.78 is 5.27. The van der Waals surface area contributed by atoms with E-state index in [1.54, 1.807) is 6.26 Å². The van der Waals surface area contributed by atoms with Gasteiger partial charge in [-0.3, -0.25) is 9.69 Å². The van der Waals surface area contributed by atoms with Crippen LogP contribution in [0.25, 0.3) is 0 Å². The Kier molecular flexibility index (Phi) is 4.37. The number of piperidine rings is 1. The number of carbonyl (C=O) groups is 1. The first-order valence-electron chi connectivity index (χ1n) is 9.56. The van der Waals surface area contributed by atoms with E-state index in [-0.39, 0.29) is 0 Å². The quantitative estimate of drug-likeness (QED) is 0.901. The summed E-state index contributed by atoms with van der Waals surface area (Å²) in [5.74, 6) is 2.03. The number of oxazole rings is 1. The Hall–Kier alpha value is -1.36. The third-order valence-corrected chi connectivity index (χ3v) is 6.43. The van der Waals surface area contributed by atoms with Crippen molar-refractivity contribution in [3.8, 4) is 0 Å². The summed E-state index contributed by atoms with van der Waals surface area (Å²) in [7, 11) is 0. The molecule has 1 aliphatic heterocycles. The molecule has 2 aliphatic carbocycles. The van der Waals surface area contributed by atoms with Crippen LogP contribution in [0, 0.1) is 24.2 Å². The fraction of sp³-hybridized carbons (Fsp3) is 0.789. The number of amides is 1. The number of nitrogens with one attached hydrogen (secondary N) is 1. The van der Waals surface area contributed by atoms with Gasteiger partial charge in [0, 0.05) is 25.9 Å². The van der Waals surface area contributed by atoms with Gasteiger partial charge in [-0.05, 0) is 56.5 Å². The Labute approximate surface area is 144 Å². The third-order valence-electron chi connectivity index (χ3n) is 6.43. The monoisotopic (exact) mass is 331 g/mol. The summed E-state index contributed by atoms with van der Waals surface area (Å²) in [6.45, 7) is 5.79. The van der Waals surface area contributed by atoms with Gasteiger partial charge >= 0.3 is 0 Å². The van der Waals surface area contributed by atoms with Gasteiger partial charge in [-0.25, -0.2) is 4.98 Å². The van der Waals surface area contributed by atoms with Crippen LogP contribution >= 0.6 is 0 Å². The van der Waals surface area contributed by atoms with Crippen LogP contribution < -0.4 is 5.32 Å². The van der Waals surface area contributed by atoms with Gasteiger partial charge in [0.2, 0.25) is 5.91 Å². The third kappa shape index (κ3) is 3.37. The Morgan fingerprint density at radius 1 is 1.38 bits per heavy atom. The zero-order valence-electron chi connectivity index (χ0n) is 14.7. The second-order valence-corrected chi connectivity index (χ2v) is 8.15. The van der Waals surface area contributed by atoms with Crippen molar-refractivity contribution in [2.75, 3.05) is 19.6 Å². The van der Waals surface area contributed by atoms with Crippen molar-refractivity contribution in [2.45, 2.75) is 58.4 Å². The van der Waals surface area contributed by atoms with E-state index in [2.05, 4.69) is 15.2 Å². The molecule has 1 amide bonds. The van der Waals surface area contributed by atoms with Crippen LogP contribution in [0.2, 0.25) is 0 Å². The van der Waals surface area contributed by atoms with Crippen LogP contribution in [0.1, 0.15) is 56.5 Å². The molecule has 5 heteroatoms. The molecule has 1 N–H and O–H groups in total. The fourth-order valence-corrected chi connectivity index (χ4v) is 4.78. The van der Waals surface area contributed by atoms with Gasteiger partial charge < -0.3 is 9.73 Å². The number of carbonyl (C=O) groups excluding carboxylic acids is 1. The molecule has 2 saturated carbocycles. The summed E-state index contributed by atoms with van der Waals surface area (Å²) >= 11 is 0. The minimum atomic E-state index is 0.329. The summed E-state index contributed by atoms with van der Waals surface area (Å²) in [6, 6.07) is 0. The molecular weight excluding hydrogens is 302 g/mol. The Balaban J connectivity index is 1.16. The molecule has 1 aromatic heterocycles. The lowest BCUT2D eigenvalue weighted by molar-refractivity contribution is -0.123. The first-order valence-corrected chi connectivity index (χ1v) is 9.56. The number of hydrogen-bond acceptors (Lipinski definition) is 4. The van der Waals surface area contributed by atoms with Crippen LogP contribution in [-0.4, -0.2) is 35.4 Å². The molecule has 2 heterocycles. The van der Waals surface area contributed by atoms with Gasteiger partial charge in [-0.1, -0.05) is 12.8 Å². The van der Waals surface area contributed by atoms with E-state index in [9.17, 15) is 4.79 Å². The maximum atomic E-state index is 12.4. The lowest BCUT2D eigenvalue weighted by Crippen LogP contribution is -2.39. The summed E-state index contributed by atoms with van der Waals surface area (Å²) in [5, 5.41) is 3.25. The summed E-state index contributed by atoms with van der Waals surface area (Å²) in [6.07, 6.45) is 10.4. The lowest BCUT2D eigenvalue weighted by atomic mass is 9.96. The predicted molar refractivity (Wildman–Crippen MR) is 91.3 cm³/mol. The summed E-state index contributed by atoms with van der Waals surface area (Å²) in [5.41, 5.74) is 1.44. The van der Waals surface area contributed by atoms with E-state index in [0.717, 1.165) is 57.0 Å². The fourth-order valence-electron chi connectivity index (χ4n) is 4.78. The first kappa shape index (κ1) is 16.1. The lowest BCUT2D eigenvalue weighted by Gasteiger charge is -2.31. The SMILES string of the molecule is Cc1nc(CN2CCC(CNC(=O)C3CC34CCCC4)CC2)co1. The Morgan fingerprint density at radius 3 is 2.79 bits per heavy atom. The maximum absolute atomic E-state index is 12.4. The van der Waals surface area contributed by atoms with Gasteiger partial charge in [-0.15, -0.1) is 0 Å². The Morgan fingerprint density at radius 2 is 2.12 bits per heavy atom. The van der Waals surface area contributed by atoms with Crippen molar-refractivity contribution in [1.29, 1.82) is 0 Å². The van der Waals surface area contributed by atoms with Gasteiger partial charge in [0.15, 0.2) is 5.89 Å². The van der Waals surface area contributed by atoms with Gasteiger partial charge in [0.25, 0.3) is 0 Å². The highest BCUT2D eigenvalue weighted by atomic mass is 16.3. The smallest absolute Gasteiger partial charge is 0.223 e. The highest BCUT2D eigenvalue weighted by molar-refractivity contribution is 5.82. The number of nitrogens with zero attached hydrogens (tertiary/aromatic N) is 2. The van der Waals surface area contributed by atoms with Crippen molar-refractivity contribution in [1.82, 2.24) is 15.2 Å². The minimum absolute atomic E-state index is 0.329. The zero-order chi connectivity index (χ0) is 16.6. The molecule has 24 heavy (non-hydrogen) atoms. The highest BCUT2D eigenvalue weighted by Crippen LogP contribution is 2.62. The van der Waals surface area contributed by atoms with Crippen LogP contribution in [0.15, 0.2) is 10.7 Å². The van der Waals surface area contributed by atoms with E-state index in [4.69, 9.17) is 4.42 Å². The predicted octanol–water partition coefficient (Wildman–Crippen LogP) is 2.89. The van der Waals surface area contributed by atoms with Gasteiger partial charge in [-0.2, -0.15) is 0 Å². The molecule has 1 aromatic rings. The number of likely N-dealkylation sites (tertiary alicyclic amines) is 1. The normalized spacial score (nSPS) is 26.8. The molecule has 5 nitrogen and oxygen atoms in total. The van der Waals surface area contributed by atoms with Crippen molar-refractivity contribution >= 4 is 5.91 Å². The van der Waals surface area contributed by atoms with Crippen LogP contribution in [0.5, 0.6) is 0 Å². The number of aromatic nitrogens is 1. The largest absolute Gasteiger partial charge is 0.449 e. The molecular formula is C19H29N3O2. The molecule has 3 aliphatic rings. The molecule has 1 unspecified atom stereocenters. The van der Waals surface area contributed by atoms with Crippen LogP contribution in [0.3, 0.4) is 0 Å². The number of hydrogen-bond donors (Lipinski definition) is 1. The average molecular weight is 331 g/mol. The molecule has 1 saturated heterocycles. The van der Waals surface area contributed by atoms with E-state index >= 15 is 0 Å². The van der Waals surface area contributed by atoms with Crippen molar-refractivity contribution in [2.24, 2.45) is 17.3 Å². The van der Waals surface area contributed by atoms with Crippen molar-refractivity contribution < 1.29 is 9.21 Å². The minimum Gasteiger partial charge on any atom is -0.449 e. The van der Waals surface area contributed by atoms with E-state index in [1.165, 1.54) is 25.7 Å². The van der Waals surface area contributed by atoms with E-state index < -0.39 is 0 Å². The molecule has 132 valence electrons. The van der Waals surface area contributed by atoms with E-state index in [0.29, 0.717) is 23.2 Å². The number of rotatable bonds is 5. The standard InChI is InChI=1S/C19H29N3O2/c1-14-21-16(13-24-14)12-22-8-4-15(5-9-22)11-20-18(23)17-10-19(17)6-2-3-7-19/h13,15,17H,2-12H2,1H3,(H,20,23). The zero-order valence-corrected chi connectivity index (χ0v) is 14.7. The van der Waals surface area contributed by atoms with E-state index in [1.807, 2.05) is 6.92 Å². The first-order chi connectivity index (χ1) is 11.6. The van der Waals surface area contributed by atoms with Crippen LogP contribution in [0.4, 0.5) is 0 Å². The van der Waals surface area contributed by atoms with Crippen molar-refractivity contribution in [3.05, 3.63) is 17.8 Å². The molecule has 3 fully saturated rings. The Bertz CT molecular complexity index is 583. The molecule has 1 atom stereocenters. The molecule has 0 aromatic carbocycles. The second kappa shape index (κ2) is 6.51. The maximum Gasteiger partial charge on any atom is 0.223 e. The number of aryl methyl sites for hydroxylation is 1. The summed E-state index contributed by atoms with van der Waals surface area (Å²) in [4.78, 5) is 19.2. The van der Waals surface area contributed by atoms with Gasteiger partial charge in [0.05, 0.1) is 5.69 Å². The highest BCUT2D eigenvalue weighted by Gasteiger charge is 2.58. The molecule has 1 spiro atoms. The van der Waals surface area contributed by atoms with Gasteiger partial charge in [0.1, 0.15) is 6.26 Å².